The zero-order valence-corrected chi connectivity index (χ0v) is 20.4. The van der Waals surface area contributed by atoms with Crippen LogP contribution in [0, 0.1) is 0 Å². The van der Waals surface area contributed by atoms with Crippen LogP contribution in [0.4, 0.5) is 0 Å². The van der Waals surface area contributed by atoms with Gasteiger partial charge in [-0.25, -0.2) is 0 Å². The first-order chi connectivity index (χ1) is 15.9. The number of allylic oxidation sites excluding steroid dienone is 6. The third-order valence-electron chi connectivity index (χ3n) is 6.16. The zero-order chi connectivity index (χ0) is 23.8. The Morgan fingerprint density at radius 1 is 1.09 bits per heavy atom. The van der Waals surface area contributed by atoms with E-state index >= 15 is 0 Å². The molecule has 4 nitrogen and oxygen atoms in total. The number of hydrogen-bond acceptors (Lipinski definition) is 4. The number of ether oxygens (including phenoxy) is 4. The normalized spacial score (nSPS) is 20.2. The van der Waals surface area contributed by atoms with E-state index in [-0.39, 0.29) is 17.6 Å². The molecule has 2 saturated heterocycles. The molecule has 0 saturated carbocycles. The van der Waals surface area contributed by atoms with Crippen LogP contribution in [0.25, 0.3) is 0 Å². The maximum absolute atomic E-state index is 6.02. The van der Waals surface area contributed by atoms with Crippen LogP contribution in [0.5, 0.6) is 5.75 Å². The second-order valence-corrected chi connectivity index (χ2v) is 9.15. The van der Waals surface area contributed by atoms with Gasteiger partial charge >= 0.3 is 0 Å². The monoisotopic (exact) mass is 450 g/mol. The van der Waals surface area contributed by atoms with Crippen LogP contribution in [0.3, 0.4) is 0 Å². The Balaban J connectivity index is 1.84. The molecule has 2 atom stereocenters. The summed E-state index contributed by atoms with van der Waals surface area (Å²) in [6, 6.07) is 6.50. The van der Waals surface area contributed by atoms with Gasteiger partial charge in [0.1, 0.15) is 36.9 Å². The summed E-state index contributed by atoms with van der Waals surface area (Å²) in [4.78, 5) is 0. The van der Waals surface area contributed by atoms with Gasteiger partial charge in [-0.1, -0.05) is 63.3 Å². The number of epoxide rings is 2. The minimum atomic E-state index is -0.163. The van der Waals surface area contributed by atoms with Crippen molar-refractivity contribution < 1.29 is 18.9 Å². The second kappa shape index (κ2) is 11.5. The van der Waals surface area contributed by atoms with Gasteiger partial charge in [0.05, 0.1) is 13.2 Å². The highest BCUT2D eigenvalue weighted by molar-refractivity contribution is 5.45. The third-order valence-corrected chi connectivity index (χ3v) is 6.16. The van der Waals surface area contributed by atoms with Gasteiger partial charge in [0.2, 0.25) is 0 Å². The van der Waals surface area contributed by atoms with Crippen molar-refractivity contribution in [3.8, 4) is 5.75 Å². The van der Waals surface area contributed by atoms with Crippen LogP contribution in [-0.4, -0.2) is 38.6 Å². The quantitative estimate of drug-likeness (QED) is 0.137. The highest BCUT2D eigenvalue weighted by Crippen LogP contribution is 2.36. The smallest absolute Gasteiger partial charge is 0.122 e. The Morgan fingerprint density at radius 3 is 2.39 bits per heavy atom. The van der Waals surface area contributed by atoms with Crippen molar-refractivity contribution in [2.45, 2.75) is 57.7 Å². The molecule has 2 aliphatic rings. The predicted octanol–water partition coefficient (Wildman–Crippen LogP) is 6.24. The minimum Gasteiger partial charge on any atom is -0.491 e. The van der Waals surface area contributed by atoms with E-state index in [0.29, 0.717) is 19.6 Å². The molecule has 2 fully saturated rings. The Hall–Kier alpha value is -2.56. The lowest BCUT2D eigenvalue weighted by atomic mass is 9.75. The van der Waals surface area contributed by atoms with E-state index < -0.39 is 0 Å². The van der Waals surface area contributed by atoms with E-state index in [1.807, 2.05) is 18.2 Å². The first-order valence-corrected chi connectivity index (χ1v) is 11.8. The number of hydrogen-bond donors (Lipinski definition) is 0. The van der Waals surface area contributed by atoms with E-state index in [0.717, 1.165) is 48.7 Å². The molecule has 1 aromatic rings. The van der Waals surface area contributed by atoms with Gasteiger partial charge in [-0.3, -0.25) is 0 Å². The SMILES string of the molecule is C=CCC(=C)/C(=C\C=C(/CC)C(C)(C)c1ccc(OCC2CO2)c(CC=C)c1)OCC1CO1. The van der Waals surface area contributed by atoms with Crippen LogP contribution in [-0.2, 0) is 26.0 Å². The molecule has 4 heteroatoms. The molecule has 0 amide bonds. The predicted molar refractivity (Wildman–Crippen MR) is 135 cm³/mol. The van der Waals surface area contributed by atoms with Crippen molar-refractivity contribution in [1.29, 1.82) is 0 Å². The Kier molecular flexibility index (Phi) is 8.76. The zero-order valence-electron chi connectivity index (χ0n) is 20.4. The van der Waals surface area contributed by atoms with E-state index in [1.165, 1.54) is 11.1 Å². The van der Waals surface area contributed by atoms with Gasteiger partial charge in [0.25, 0.3) is 0 Å². The fourth-order valence-corrected chi connectivity index (χ4v) is 3.79. The molecule has 2 unspecified atom stereocenters. The van der Waals surface area contributed by atoms with E-state index in [1.54, 1.807) is 0 Å². The van der Waals surface area contributed by atoms with Crippen LogP contribution >= 0.6 is 0 Å². The van der Waals surface area contributed by atoms with Crippen LogP contribution in [0.1, 0.15) is 44.7 Å². The molecule has 0 radical (unpaired) electrons. The van der Waals surface area contributed by atoms with Crippen molar-refractivity contribution in [1.82, 2.24) is 0 Å². The lowest BCUT2D eigenvalue weighted by Crippen LogP contribution is -2.20. The molecule has 0 aromatic heterocycles. The Labute approximate surface area is 199 Å². The fourth-order valence-electron chi connectivity index (χ4n) is 3.79. The Bertz CT molecular complexity index is 914. The van der Waals surface area contributed by atoms with Gasteiger partial charge < -0.3 is 18.9 Å². The summed E-state index contributed by atoms with van der Waals surface area (Å²) in [5, 5.41) is 0. The van der Waals surface area contributed by atoms with Crippen molar-refractivity contribution in [3.63, 3.8) is 0 Å². The molecular formula is C29H38O4. The van der Waals surface area contributed by atoms with Crippen molar-refractivity contribution in [2.24, 2.45) is 0 Å². The average molecular weight is 451 g/mol. The van der Waals surface area contributed by atoms with Gasteiger partial charge in [-0.2, -0.15) is 0 Å². The standard InChI is InChI=1S/C29H38O4/c1-7-10-21(4)27(32-19-25-17-30-25)14-12-23(9-3)29(5,6)24-13-15-28(22(16-24)11-8-2)33-20-26-18-31-26/h7-8,12-16,25-26H,1-2,4,9-11,17-20H2,3,5-6H3/b23-12+,27-14+. The highest BCUT2D eigenvalue weighted by atomic mass is 16.6. The van der Waals surface area contributed by atoms with Crippen molar-refractivity contribution >= 4 is 0 Å². The summed E-state index contributed by atoms with van der Waals surface area (Å²) >= 11 is 0. The summed E-state index contributed by atoms with van der Waals surface area (Å²) in [5.74, 6) is 1.70. The highest BCUT2D eigenvalue weighted by Gasteiger charge is 2.27. The molecule has 2 heterocycles. The van der Waals surface area contributed by atoms with Crippen molar-refractivity contribution in [3.05, 3.63) is 90.3 Å². The summed E-state index contributed by atoms with van der Waals surface area (Å²) in [7, 11) is 0. The van der Waals surface area contributed by atoms with Crippen molar-refractivity contribution in [2.75, 3.05) is 26.4 Å². The first kappa shape index (κ1) is 25.1. The minimum absolute atomic E-state index is 0.163. The molecule has 178 valence electrons. The third kappa shape index (κ3) is 7.21. The van der Waals surface area contributed by atoms with Crippen LogP contribution in [0.15, 0.2) is 79.1 Å². The number of rotatable bonds is 15. The van der Waals surface area contributed by atoms with E-state index in [2.05, 4.69) is 64.8 Å². The van der Waals surface area contributed by atoms with Gasteiger partial charge in [-0.05, 0) is 48.1 Å². The maximum atomic E-state index is 6.02. The van der Waals surface area contributed by atoms with Gasteiger partial charge in [0.15, 0.2) is 0 Å². The Morgan fingerprint density at radius 2 is 1.79 bits per heavy atom. The summed E-state index contributed by atoms with van der Waals surface area (Å²) < 4.78 is 22.6. The summed E-state index contributed by atoms with van der Waals surface area (Å²) in [6.45, 7) is 21.4. The average Bonchev–Trinajstić information content (AvgIpc) is 3.70. The second-order valence-electron chi connectivity index (χ2n) is 9.15. The molecule has 3 rings (SSSR count). The summed E-state index contributed by atoms with van der Waals surface area (Å²) in [6.07, 6.45) is 10.8. The molecule has 2 aliphatic heterocycles. The number of benzene rings is 1. The van der Waals surface area contributed by atoms with Gasteiger partial charge in [0, 0.05) is 5.41 Å². The lowest BCUT2D eigenvalue weighted by molar-refractivity contribution is 0.189. The fraction of sp³-hybridized carbons (Fsp3) is 0.448. The maximum Gasteiger partial charge on any atom is 0.122 e. The first-order valence-electron chi connectivity index (χ1n) is 11.8. The molecule has 0 bridgehead atoms. The van der Waals surface area contributed by atoms with E-state index in [4.69, 9.17) is 18.9 Å². The topological polar surface area (TPSA) is 43.5 Å². The molecule has 33 heavy (non-hydrogen) atoms. The molecule has 0 aliphatic carbocycles. The van der Waals surface area contributed by atoms with Crippen LogP contribution in [0.2, 0.25) is 0 Å². The van der Waals surface area contributed by atoms with Crippen LogP contribution < -0.4 is 4.74 Å². The lowest BCUT2D eigenvalue weighted by Gasteiger charge is -2.29. The molecule has 1 aromatic carbocycles. The molecule has 0 spiro atoms. The van der Waals surface area contributed by atoms with Gasteiger partial charge in [-0.15, -0.1) is 13.2 Å². The van der Waals surface area contributed by atoms with E-state index in [9.17, 15) is 0 Å². The largest absolute Gasteiger partial charge is 0.491 e. The molecule has 0 N–H and O–H groups in total. The summed E-state index contributed by atoms with van der Waals surface area (Å²) in [5.41, 5.74) is 4.46. The molecular weight excluding hydrogens is 412 g/mol.